The zero-order chi connectivity index (χ0) is 15.6. The second-order valence-electron chi connectivity index (χ2n) is 4.62. The summed E-state index contributed by atoms with van der Waals surface area (Å²) in [6.45, 7) is 1.89. The highest BCUT2D eigenvalue weighted by Gasteiger charge is 2.23. The first-order valence-electron chi connectivity index (χ1n) is 6.08. The van der Waals surface area contributed by atoms with Crippen molar-refractivity contribution >= 4 is 44.9 Å². The Morgan fingerprint density at radius 3 is 2.48 bits per heavy atom. The standard InChI is InChI=1S/C16H10BrCl2NO/c1-9-4-11(6-12(17)5-9)16(21)13(8-20)10-2-3-14(18)15(19)7-10/h2-7,13H,1H3. The van der Waals surface area contributed by atoms with Crippen molar-refractivity contribution in [2.45, 2.75) is 12.8 Å². The van der Waals surface area contributed by atoms with Crippen LogP contribution in [0.2, 0.25) is 10.0 Å². The van der Waals surface area contributed by atoms with Gasteiger partial charge in [-0.25, -0.2) is 0 Å². The maximum Gasteiger partial charge on any atom is 0.184 e. The SMILES string of the molecule is Cc1cc(Br)cc(C(=O)C(C#N)c2ccc(Cl)c(Cl)c2)c1. The van der Waals surface area contributed by atoms with Crippen molar-refractivity contribution in [3.63, 3.8) is 0 Å². The molecule has 0 bridgehead atoms. The Bertz CT molecular complexity index is 732. The third-order valence-electron chi connectivity index (χ3n) is 2.99. The number of carbonyl (C=O) groups is 1. The average molecular weight is 383 g/mol. The highest BCUT2D eigenvalue weighted by Crippen LogP contribution is 2.29. The molecule has 0 amide bonds. The molecule has 2 nitrogen and oxygen atoms in total. The summed E-state index contributed by atoms with van der Waals surface area (Å²) < 4.78 is 0.802. The molecule has 1 atom stereocenters. The zero-order valence-corrected chi connectivity index (χ0v) is 14.1. The molecule has 0 N–H and O–H groups in total. The number of hydrogen-bond acceptors (Lipinski definition) is 2. The molecule has 0 aliphatic carbocycles. The molecule has 2 aromatic rings. The number of nitrogens with zero attached hydrogens (tertiary/aromatic N) is 1. The van der Waals surface area contributed by atoms with Crippen molar-refractivity contribution in [1.29, 1.82) is 5.26 Å². The fourth-order valence-corrected chi connectivity index (χ4v) is 2.94. The predicted molar refractivity (Wildman–Crippen MR) is 88.0 cm³/mol. The predicted octanol–water partition coefficient (Wildman–Crippen LogP) is 5.55. The smallest absolute Gasteiger partial charge is 0.184 e. The van der Waals surface area contributed by atoms with Gasteiger partial charge in [-0.15, -0.1) is 0 Å². The van der Waals surface area contributed by atoms with Gasteiger partial charge in [0, 0.05) is 10.0 Å². The van der Waals surface area contributed by atoms with Crippen molar-refractivity contribution in [3.8, 4) is 6.07 Å². The normalized spacial score (nSPS) is 11.8. The Morgan fingerprint density at radius 2 is 1.90 bits per heavy atom. The van der Waals surface area contributed by atoms with Gasteiger partial charge in [0.05, 0.1) is 16.1 Å². The van der Waals surface area contributed by atoms with Gasteiger partial charge in [-0.05, 0) is 48.4 Å². The zero-order valence-electron chi connectivity index (χ0n) is 11.0. The number of nitriles is 1. The highest BCUT2D eigenvalue weighted by molar-refractivity contribution is 9.10. The number of ketones is 1. The van der Waals surface area contributed by atoms with Crippen molar-refractivity contribution in [2.24, 2.45) is 0 Å². The van der Waals surface area contributed by atoms with Gasteiger partial charge in [-0.3, -0.25) is 4.79 Å². The van der Waals surface area contributed by atoms with E-state index in [4.69, 9.17) is 23.2 Å². The van der Waals surface area contributed by atoms with Crippen molar-refractivity contribution < 1.29 is 4.79 Å². The molecule has 0 spiro atoms. The summed E-state index contributed by atoms with van der Waals surface area (Å²) in [6, 6.07) is 12.2. The number of Topliss-reactive ketones (excluding diaryl/α,β-unsaturated/α-hetero) is 1. The third kappa shape index (κ3) is 3.65. The fraction of sp³-hybridized carbons (Fsp3) is 0.125. The van der Waals surface area contributed by atoms with Gasteiger partial charge in [0.1, 0.15) is 5.92 Å². The Kier molecular flexibility index (Phi) is 5.05. The van der Waals surface area contributed by atoms with Crippen molar-refractivity contribution in [1.82, 2.24) is 0 Å². The summed E-state index contributed by atoms with van der Waals surface area (Å²) in [5, 5.41) is 10.1. The summed E-state index contributed by atoms with van der Waals surface area (Å²) in [5.74, 6) is -1.17. The van der Waals surface area contributed by atoms with Crippen molar-refractivity contribution in [2.75, 3.05) is 0 Å². The average Bonchev–Trinajstić information content (AvgIpc) is 2.42. The van der Waals surface area contributed by atoms with Gasteiger partial charge in [-0.2, -0.15) is 5.26 Å². The molecule has 21 heavy (non-hydrogen) atoms. The minimum Gasteiger partial charge on any atom is -0.292 e. The molecule has 0 heterocycles. The topological polar surface area (TPSA) is 40.9 Å². The monoisotopic (exact) mass is 381 g/mol. The first kappa shape index (κ1) is 16.0. The van der Waals surface area contributed by atoms with Crippen LogP contribution in [-0.2, 0) is 0 Å². The molecule has 5 heteroatoms. The molecule has 0 saturated carbocycles. The lowest BCUT2D eigenvalue weighted by Gasteiger charge is -2.10. The molecule has 106 valence electrons. The molecule has 0 radical (unpaired) electrons. The van der Waals surface area contributed by atoms with Crippen LogP contribution in [0, 0.1) is 18.3 Å². The van der Waals surface area contributed by atoms with Crippen LogP contribution < -0.4 is 0 Å². The van der Waals surface area contributed by atoms with Crippen LogP contribution in [0.1, 0.15) is 27.4 Å². The molecular formula is C16H10BrCl2NO. The minimum atomic E-state index is -0.909. The summed E-state index contributed by atoms with van der Waals surface area (Å²) in [7, 11) is 0. The molecule has 1 unspecified atom stereocenters. The maximum absolute atomic E-state index is 12.6. The number of halogens is 3. The fourth-order valence-electron chi connectivity index (χ4n) is 2.02. The van der Waals surface area contributed by atoms with E-state index in [2.05, 4.69) is 15.9 Å². The van der Waals surface area contributed by atoms with Crippen molar-refractivity contribution in [3.05, 3.63) is 67.6 Å². The quantitative estimate of drug-likeness (QED) is 0.652. The lowest BCUT2D eigenvalue weighted by atomic mass is 9.91. The summed E-state index contributed by atoms with van der Waals surface area (Å²) >= 11 is 15.2. The second kappa shape index (κ2) is 6.62. The van der Waals surface area contributed by atoms with E-state index >= 15 is 0 Å². The minimum absolute atomic E-state index is 0.264. The Morgan fingerprint density at radius 1 is 1.19 bits per heavy atom. The summed E-state index contributed by atoms with van der Waals surface area (Å²) in [5.41, 5.74) is 1.97. The molecule has 0 aliphatic rings. The Balaban J connectivity index is 2.43. The lowest BCUT2D eigenvalue weighted by Crippen LogP contribution is -2.11. The van der Waals surface area contributed by atoms with Crippen LogP contribution in [0.4, 0.5) is 0 Å². The number of benzene rings is 2. The van der Waals surface area contributed by atoms with E-state index in [-0.39, 0.29) is 5.78 Å². The third-order valence-corrected chi connectivity index (χ3v) is 4.19. The molecule has 0 aliphatic heterocycles. The molecular weight excluding hydrogens is 373 g/mol. The lowest BCUT2D eigenvalue weighted by molar-refractivity contribution is 0.0978. The van der Waals surface area contributed by atoms with Gasteiger partial charge in [-0.1, -0.05) is 45.2 Å². The number of carbonyl (C=O) groups excluding carboxylic acids is 1. The van der Waals surface area contributed by atoms with Gasteiger partial charge >= 0.3 is 0 Å². The molecule has 0 aromatic heterocycles. The van der Waals surface area contributed by atoms with Crippen LogP contribution in [0.3, 0.4) is 0 Å². The Hall–Kier alpha value is -1.34. The van der Waals surface area contributed by atoms with Crippen LogP contribution in [0.25, 0.3) is 0 Å². The summed E-state index contributed by atoms with van der Waals surface area (Å²) in [6.07, 6.45) is 0. The highest BCUT2D eigenvalue weighted by atomic mass is 79.9. The first-order chi connectivity index (χ1) is 9.92. The van der Waals surface area contributed by atoms with Gasteiger partial charge < -0.3 is 0 Å². The molecule has 0 fully saturated rings. The van der Waals surface area contributed by atoms with E-state index in [9.17, 15) is 10.1 Å². The molecule has 2 rings (SSSR count). The van der Waals surface area contributed by atoms with Crippen LogP contribution in [0.5, 0.6) is 0 Å². The van der Waals surface area contributed by atoms with E-state index in [1.165, 1.54) is 0 Å². The first-order valence-corrected chi connectivity index (χ1v) is 7.63. The summed E-state index contributed by atoms with van der Waals surface area (Å²) in [4.78, 5) is 12.6. The van der Waals surface area contributed by atoms with Crippen LogP contribution >= 0.6 is 39.1 Å². The molecule has 0 saturated heterocycles. The number of aryl methyl sites for hydroxylation is 1. The van der Waals surface area contributed by atoms with E-state index in [0.29, 0.717) is 21.2 Å². The number of hydrogen-bond donors (Lipinski definition) is 0. The maximum atomic E-state index is 12.6. The van der Waals surface area contributed by atoms with Gasteiger partial charge in [0.15, 0.2) is 5.78 Å². The van der Waals surface area contributed by atoms with Crippen LogP contribution in [0.15, 0.2) is 40.9 Å². The van der Waals surface area contributed by atoms with E-state index in [1.54, 1.807) is 30.3 Å². The van der Waals surface area contributed by atoms with E-state index in [0.717, 1.165) is 10.0 Å². The van der Waals surface area contributed by atoms with E-state index < -0.39 is 5.92 Å². The molecule has 2 aromatic carbocycles. The van der Waals surface area contributed by atoms with Gasteiger partial charge in [0.2, 0.25) is 0 Å². The van der Waals surface area contributed by atoms with Crippen LogP contribution in [-0.4, -0.2) is 5.78 Å². The largest absolute Gasteiger partial charge is 0.292 e. The number of rotatable bonds is 3. The van der Waals surface area contributed by atoms with E-state index in [1.807, 2.05) is 19.1 Å². The van der Waals surface area contributed by atoms with Gasteiger partial charge in [0.25, 0.3) is 0 Å². The second-order valence-corrected chi connectivity index (χ2v) is 6.35. The Labute approximate surface area is 141 Å².